The molecule has 2 aromatic heterocycles. The molecule has 5 heteroatoms. The topological polar surface area (TPSA) is 37.8 Å². The van der Waals surface area contributed by atoms with Gasteiger partial charge in [-0.05, 0) is 47.6 Å². The van der Waals surface area contributed by atoms with E-state index in [9.17, 15) is 0 Å². The van der Waals surface area contributed by atoms with Crippen molar-refractivity contribution in [1.82, 2.24) is 9.97 Å². The van der Waals surface area contributed by atoms with Crippen LogP contribution >= 0.6 is 27.3 Å². The summed E-state index contributed by atoms with van der Waals surface area (Å²) in [6, 6.07) is 2.04. The first-order valence-electron chi connectivity index (χ1n) is 5.96. The highest BCUT2D eigenvalue weighted by molar-refractivity contribution is 9.10. The largest absolute Gasteiger partial charge is 0.368 e. The van der Waals surface area contributed by atoms with Gasteiger partial charge in [0.05, 0.1) is 16.3 Å². The molecule has 96 valence electrons. The average molecular weight is 326 g/mol. The van der Waals surface area contributed by atoms with E-state index in [0.29, 0.717) is 0 Å². The molecule has 0 bridgehead atoms. The third kappa shape index (κ3) is 2.72. The van der Waals surface area contributed by atoms with Crippen molar-refractivity contribution < 1.29 is 0 Å². The number of thiophene rings is 1. The first-order chi connectivity index (χ1) is 8.63. The van der Waals surface area contributed by atoms with E-state index < -0.39 is 0 Å². The molecule has 0 aliphatic rings. The summed E-state index contributed by atoms with van der Waals surface area (Å²) in [5.74, 6) is 0.878. The normalized spacial score (nSPS) is 10.7. The van der Waals surface area contributed by atoms with Gasteiger partial charge in [-0.15, -0.1) is 11.3 Å². The van der Waals surface area contributed by atoms with E-state index in [2.05, 4.69) is 43.5 Å². The lowest BCUT2D eigenvalue weighted by atomic mass is 10.2. The predicted molar refractivity (Wildman–Crippen MR) is 81.3 cm³/mol. The van der Waals surface area contributed by atoms with E-state index in [0.717, 1.165) is 45.2 Å². The van der Waals surface area contributed by atoms with Crippen LogP contribution < -0.4 is 5.32 Å². The summed E-state index contributed by atoms with van der Waals surface area (Å²) < 4.78 is 1.07. The molecule has 2 heterocycles. The Kier molecular flexibility index (Phi) is 4.35. The third-order valence-corrected chi connectivity index (χ3v) is 4.53. The van der Waals surface area contributed by atoms with Gasteiger partial charge in [-0.1, -0.05) is 6.92 Å². The van der Waals surface area contributed by atoms with E-state index >= 15 is 0 Å². The van der Waals surface area contributed by atoms with Crippen LogP contribution in [-0.2, 0) is 0 Å². The Bertz CT molecular complexity index is 551. The molecule has 2 rings (SSSR count). The van der Waals surface area contributed by atoms with Crippen LogP contribution in [0.4, 0.5) is 5.82 Å². The van der Waals surface area contributed by atoms with Crippen LogP contribution in [0.3, 0.4) is 0 Å². The molecule has 0 saturated heterocycles. The second-order valence-electron chi connectivity index (χ2n) is 4.12. The summed E-state index contributed by atoms with van der Waals surface area (Å²) in [4.78, 5) is 10.4. The van der Waals surface area contributed by atoms with Crippen molar-refractivity contribution in [3.05, 3.63) is 27.3 Å². The summed E-state index contributed by atoms with van der Waals surface area (Å²) >= 11 is 5.24. The molecule has 0 aliphatic carbocycles. The van der Waals surface area contributed by atoms with Crippen molar-refractivity contribution in [2.45, 2.75) is 27.2 Å². The summed E-state index contributed by atoms with van der Waals surface area (Å²) in [5, 5.41) is 5.41. The highest BCUT2D eigenvalue weighted by atomic mass is 79.9. The fourth-order valence-electron chi connectivity index (χ4n) is 1.59. The molecule has 0 fully saturated rings. The van der Waals surface area contributed by atoms with E-state index in [1.165, 1.54) is 0 Å². The molecule has 0 amide bonds. The van der Waals surface area contributed by atoms with Crippen LogP contribution in [0.2, 0.25) is 0 Å². The highest BCUT2D eigenvalue weighted by Gasteiger charge is 2.14. The number of aryl methyl sites for hydroxylation is 2. The fraction of sp³-hybridized carbons (Fsp3) is 0.385. The lowest BCUT2D eigenvalue weighted by Crippen LogP contribution is -2.07. The molecule has 18 heavy (non-hydrogen) atoms. The molecule has 0 spiro atoms. The SMILES string of the molecule is CCCNc1nc(C)c(C)nc1-c1sccc1Br. The zero-order chi connectivity index (χ0) is 13.1. The van der Waals surface area contributed by atoms with E-state index in [1.54, 1.807) is 11.3 Å². The molecular formula is C13H16BrN3S. The van der Waals surface area contributed by atoms with Crippen molar-refractivity contribution in [1.29, 1.82) is 0 Å². The number of rotatable bonds is 4. The van der Waals surface area contributed by atoms with Crippen molar-refractivity contribution in [2.75, 3.05) is 11.9 Å². The Morgan fingerprint density at radius 1 is 1.28 bits per heavy atom. The number of nitrogens with one attached hydrogen (secondary N) is 1. The van der Waals surface area contributed by atoms with Gasteiger partial charge < -0.3 is 5.32 Å². The van der Waals surface area contributed by atoms with Crippen LogP contribution in [-0.4, -0.2) is 16.5 Å². The van der Waals surface area contributed by atoms with Crippen LogP contribution in [0.1, 0.15) is 24.7 Å². The van der Waals surface area contributed by atoms with Crippen LogP contribution in [0.25, 0.3) is 10.6 Å². The molecule has 0 aliphatic heterocycles. The van der Waals surface area contributed by atoms with Gasteiger partial charge >= 0.3 is 0 Å². The summed E-state index contributed by atoms with van der Waals surface area (Å²) in [7, 11) is 0. The van der Waals surface area contributed by atoms with Gasteiger partial charge in [0.1, 0.15) is 5.69 Å². The first kappa shape index (κ1) is 13.5. The number of halogens is 1. The molecular weight excluding hydrogens is 310 g/mol. The molecule has 0 saturated carbocycles. The summed E-state index contributed by atoms with van der Waals surface area (Å²) in [5.41, 5.74) is 2.89. The lowest BCUT2D eigenvalue weighted by Gasteiger charge is -2.11. The second kappa shape index (κ2) is 5.80. The maximum atomic E-state index is 4.68. The van der Waals surface area contributed by atoms with E-state index in [1.807, 2.05) is 19.9 Å². The minimum absolute atomic E-state index is 0.878. The number of anilines is 1. The van der Waals surface area contributed by atoms with Gasteiger partial charge in [0.15, 0.2) is 5.82 Å². The second-order valence-corrected chi connectivity index (χ2v) is 5.89. The van der Waals surface area contributed by atoms with E-state index in [4.69, 9.17) is 0 Å². The van der Waals surface area contributed by atoms with Gasteiger partial charge in [0.2, 0.25) is 0 Å². The Hall–Kier alpha value is -0.940. The average Bonchev–Trinajstić information content (AvgIpc) is 2.76. The van der Waals surface area contributed by atoms with Crippen LogP contribution in [0.5, 0.6) is 0 Å². The number of hydrogen-bond donors (Lipinski definition) is 1. The Morgan fingerprint density at radius 3 is 2.61 bits per heavy atom. The van der Waals surface area contributed by atoms with Crippen molar-refractivity contribution in [3.8, 4) is 10.6 Å². The van der Waals surface area contributed by atoms with Crippen molar-refractivity contribution in [3.63, 3.8) is 0 Å². The molecule has 3 nitrogen and oxygen atoms in total. The predicted octanol–water partition coefficient (Wildman–Crippen LogP) is 4.41. The molecule has 0 atom stereocenters. The van der Waals surface area contributed by atoms with E-state index in [-0.39, 0.29) is 0 Å². The van der Waals surface area contributed by atoms with Crippen LogP contribution in [0.15, 0.2) is 15.9 Å². The minimum Gasteiger partial charge on any atom is -0.368 e. The summed E-state index contributed by atoms with van der Waals surface area (Å²) in [6.07, 6.45) is 1.07. The zero-order valence-corrected chi connectivity index (χ0v) is 13.2. The highest BCUT2D eigenvalue weighted by Crippen LogP contribution is 2.36. The smallest absolute Gasteiger partial charge is 0.153 e. The quantitative estimate of drug-likeness (QED) is 0.904. The van der Waals surface area contributed by atoms with Gasteiger partial charge in [-0.25, -0.2) is 9.97 Å². The minimum atomic E-state index is 0.878. The first-order valence-corrected chi connectivity index (χ1v) is 7.63. The Balaban J connectivity index is 2.50. The number of nitrogens with zero attached hydrogens (tertiary/aromatic N) is 2. The molecule has 2 aromatic rings. The third-order valence-electron chi connectivity index (χ3n) is 2.68. The van der Waals surface area contributed by atoms with Gasteiger partial charge in [0, 0.05) is 11.0 Å². The molecule has 0 aromatic carbocycles. The maximum absolute atomic E-state index is 4.68. The Labute approximate surface area is 120 Å². The number of hydrogen-bond acceptors (Lipinski definition) is 4. The van der Waals surface area contributed by atoms with Gasteiger partial charge in [-0.2, -0.15) is 0 Å². The van der Waals surface area contributed by atoms with Gasteiger partial charge in [0.25, 0.3) is 0 Å². The monoisotopic (exact) mass is 325 g/mol. The van der Waals surface area contributed by atoms with Crippen molar-refractivity contribution >= 4 is 33.1 Å². The van der Waals surface area contributed by atoms with Gasteiger partial charge in [-0.3, -0.25) is 0 Å². The number of aromatic nitrogens is 2. The fourth-order valence-corrected chi connectivity index (χ4v) is 3.14. The van der Waals surface area contributed by atoms with Crippen molar-refractivity contribution in [2.24, 2.45) is 0 Å². The molecule has 0 radical (unpaired) electrons. The van der Waals surface area contributed by atoms with Crippen LogP contribution in [0, 0.1) is 13.8 Å². The maximum Gasteiger partial charge on any atom is 0.153 e. The molecule has 0 unspecified atom stereocenters. The Morgan fingerprint density at radius 2 is 2.00 bits per heavy atom. The molecule has 1 N–H and O–H groups in total. The zero-order valence-electron chi connectivity index (χ0n) is 10.7. The lowest BCUT2D eigenvalue weighted by molar-refractivity contribution is 0.954. The summed E-state index contributed by atoms with van der Waals surface area (Å²) in [6.45, 7) is 7.04. The standard InChI is InChI=1S/C13H16BrN3S/c1-4-6-15-13-11(12-10(14)5-7-18-12)16-8(2)9(3)17-13/h5,7H,4,6H2,1-3H3,(H,15,17).